The highest BCUT2D eigenvalue weighted by Gasteiger charge is 2.14. The molecule has 100 valence electrons. The van der Waals surface area contributed by atoms with Crippen LogP contribution in [-0.2, 0) is 11.3 Å². The second-order valence-corrected chi connectivity index (χ2v) is 5.30. The molecule has 1 aliphatic carbocycles. The third-order valence-corrected chi connectivity index (χ3v) is 3.86. The molecule has 0 aliphatic heterocycles. The summed E-state index contributed by atoms with van der Waals surface area (Å²) in [7, 11) is 0. The van der Waals surface area contributed by atoms with E-state index in [-0.39, 0.29) is 0 Å². The maximum atomic E-state index is 6.01. The molecule has 1 fully saturated rings. The minimum Gasteiger partial charge on any atom is -0.383 e. The molecule has 19 heavy (non-hydrogen) atoms. The second-order valence-electron chi connectivity index (χ2n) is 5.30. The summed E-state index contributed by atoms with van der Waals surface area (Å²) in [5, 5.41) is 1.12. The van der Waals surface area contributed by atoms with Gasteiger partial charge in [0.05, 0.1) is 18.2 Å². The van der Waals surface area contributed by atoms with E-state index in [9.17, 15) is 0 Å². The summed E-state index contributed by atoms with van der Waals surface area (Å²) in [6.07, 6.45) is 6.69. The Morgan fingerprint density at radius 3 is 2.79 bits per heavy atom. The maximum Gasteiger partial charge on any atom is 0.129 e. The van der Waals surface area contributed by atoms with Crippen LogP contribution in [0.2, 0.25) is 0 Å². The van der Waals surface area contributed by atoms with E-state index in [1.165, 1.54) is 32.1 Å². The van der Waals surface area contributed by atoms with Crippen LogP contribution in [-0.4, -0.2) is 11.1 Å². The van der Waals surface area contributed by atoms with Crippen molar-refractivity contribution in [3.63, 3.8) is 0 Å². The van der Waals surface area contributed by atoms with Gasteiger partial charge in [-0.2, -0.15) is 0 Å². The van der Waals surface area contributed by atoms with Crippen molar-refractivity contribution in [3.8, 4) is 0 Å². The van der Waals surface area contributed by atoms with Gasteiger partial charge in [0.25, 0.3) is 0 Å². The fourth-order valence-corrected chi connectivity index (χ4v) is 2.73. The first-order chi connectivity index (χ1) is 9.33. The van der Waals surface area contributed by atoms with Crippen molar-refractivity contribution in [3.05, 3.63) is 35.9 Å². The zero-order valence-corrected chi connectivity index (χ0v) is 11.1. The molecule has 0 saturated heterocycles. The van der Waals surface area contributed by atoms with Gasteiger partial charge in [0.1, 0.15) is 5.82 Å². The number of pyridine rings is 1. The summed E-state index contributed by atoms with van der Waals surface area (Å²) >= 11 is 0. The van der Waals surface area contributed by atoms with Crippen LogP contribution in [0.5, 0.6) is 0 Å². The lowest BCUT2D eigenvalue weighted by atomic mass is 9.98. The second kappa shape index (κ2) is 5.57. The summed E-state index contributed by atoms with van der Waals surface area (Å²) in [6, 6.07) is 10.1. The van der Waals surface area contributed by atoms with Crippen LogP contribution in [0.3, 0.4) is 0 Å². The minimum absolute atomic E-state index is 0.402. The fraction of sp³-hybridized carbons (Fsp3) is 0.438. The van der Waals surface area contributed by atoms with Crippen LogP contribution in [0.15, 0.2) is 30.3 Å². The first-order valence-corrected chi connectivity index (χ1v) is 7.09. The zero-order valence-electron chi connectivity index (χ0n) is 11.1. The van der Waals surface area contributed by atoms with Crippen molar-refractivity contribution in [2.75, 3.05) is 5.73 Å². The van der Waals surface area contributed by atoms with Crippen molar-refractivity contribution in [2.45, 2.75) is 44.8 Å². The highest BCUT2D eigenvalue weighted by atomic mass is 16.5. The zero-order chi connectivity index (χ0) is 13.1. The van der Waals surface area contributed by atoms with Gasteiger partial charge in [0.2, 0.25) is 0 Å². The molecule has 1 saturated carbocycles. The number of hydrogen-bond acceptors (Lipinski definition) is 3. The number of nitrogen functional groups attached to an aromatic ring is 1. The number of aromatic nitrogens is 1. The maximum absolute atomic E-state index is 6.01. The highest BCUT2D eigenvalue weighted by molar-refractivity contribution is 5.81. The predicted octanol–water partition coefficient (Wildman–Crippen LogP) is 3.67. The van der Waals surface area contributed by atoms with E-state index in [4.69, 9.17) is 10.5 Å². The molecule has 2 N–H and O–H groups in total. The molecule has 1 aromatic heterocycles. The molecule has 0 unspecified atom stereocenters. The minimum atomic E-state index is 0.402. The molecule has 3 rings (SSSR count). The lowest BCUT2D eigenvalue weighted by Crippen LogP contribution is -2.16. The van der Waals surface area contributed by atoms with E-state index in [1.54, 1.807) is 0 Å². The lowest BCUT2D eigenvalue weighted by molar-refractivity contribution is 0.0171. The molecule has 1 heterocycles. The Hall–Kier alpha value is -1.61. The molecule has 0 atom stereocenters. The molecular weight excluding hydrogens is 236 g/mol. The molecule has 0 amide bonds. The van der Waals surface area contributed by atoms with Gasteiger partial charge in [0.15, 0.2) is 0 Å². The Labute approximate surface area is 113 Å². The Kier molecular flexibility index (Phi) is 3.65. The van der Waals surface area contributed by atoms with E-state index < -0.39 is 0 Å². The number of rotatable bonds is 3. The lowest BCUT2D eigenvalue weighted by Gasteiger charge is -2.22. The van der Waals surface area contributed by atoms with Gasteiger partial charge >= 0.3 is 0 Å². The van der Waals surface area contributed by atoms with E-state index in [2.05, 4.69) is 17.1 Å². The molecule has 3 heteroatoms. The quantitative estimate of drug-likeness (QED) is 0.911. The number of para-hydroxylation sites is 1. The largest absolute Gasteiger partial charge is 0.383 e. The van der Waals surface area contributed by atoms with Gasteiger partial charge in [-0.05, 0) is 25.0 Å². The van der Waals surface area contributed by atoms with E-state index >= 15 is 0 Å². The number of benzene rings is 1. The van der Waals surface area contributed by atoms with Gasteiger partial charge in [0, 0.05) is 10.9 Å². The van der Waals surface area contributed by atoms with Crippen LogP contribution < -0.4 is 5.73 Å². The Bertz CT molecular complexity index is 562. The molecule has 2 aromatic rings. The van der Waals surface area contributed by atoms with Gasteiger partial charge in [-0.15, -0.1) is 0 Å². The fourth-order valence-electron chi connectivity index (χ4n) is 2.73. The summed E-state index contributed by atoms with van der Waals surface area (Å²) in [4.78, 5) is 4.44. The van der Waals surface area contributed by atoms with Crippen molar-refractivity contribution in [1.29, 1.82) is 0 Å². The van der Waals surface area contributed by atoms with E-state index in [0.29, 0.717) is 18.5 Å². The molecule has 1 aliphatic rings. The van der Waals surface area contributed by atoms with Crippen LogP contribution in [0.1, 0.15) is 37.7 Å². The first kappa shape index (κ1) is 12.4. The standard InChI is InChI=1S/C16H20N2O/c17-16-13(11-19-14-7-2-1-3-8-14)10-12-6-4-5-9-15(12)18-16/h4-6,9-10,14H,1-3,7-8,11H2,(H2,17,18). The summed E-state index contributed by atoms with van der Waals surface area (Å²) < 4.78 is 5.98. The molecule has 1 aromatic carbocycles. The smallest absolute Gasteiger partial charge is 0.129 e. The van der Waals surface area contributed by atoms with Crippen LogP contribution in [0, 0.1) is 0 Å². The highest BCUT2D eigenvalue weighted by Crippen LogP contribution is 2.23. The monoisotopic (exact) mass is 256 g/mol. The van der Waals surface area contributed by atoms with E-state index in [0.717, 1.165) is 16.5 Å². The number of nitrogens with zero attached hydrogens (tertiary/aromatic N) is 1. The Morgan fingerprint density at radius 2 is 1.95 bits per heavy atom. The molecule has 0 spiro atoms. The predicted molar refractivity (Wildman–Crippen MR) is 77.8 cm³/mol. The van der Waals surface area contributed by atoms with Gasteiger partial charge in [-0.3, -0.25) is 0 Å². The first-order valence-electron chi connectivity index (χ1n) is 7.09. The summed E-state index contributed by atoms with van der Waals surface area (Å²) in [5.74, 6) is 0.592. The molecular formula is C16H20N2O. The molecule has 0 bridgehead atoms. The third-order valence-electron chi connectivity index (χ3n) is 3.86. The van der Waals surface area contributed by atoms with Crippen molar-refractivity contribution >= 4 is 16.7 Å². The van der Waals surface area contributed by atoms with Crippen LogP contribution in [0.25, 0.3) is 10.9 Å². The van der Waals surface area contributed by atoms with Gasteiger partial charge in [-0.1, -0.05) is 37.5 Å². The average molecular weight is 256 g/mol. The van der Waals surface area contributed by atoms with Gasteiger partial charge < -0.3 is 10.5 Å². The molecule has 3 nitrogen and oxygen atoms in total. The van der Waals surface area contributed by atoms with Crippen LogP contribution >= 0.6 is 0 Å². The van der Waals surface area contributed by atoms with Crippen LogP contribution in [0.4, 0.5) is 5.82 Å². The number of anilines is 1. The van der Waals surface area contributed by atoms with Crippen molar-refractivity contribution < 1.29 is 4.74 Å². The summed E-state index contributed by atoms with van der Waals surface area (Å²) in [5.41, 5.74) is 7.96. The van der Waals surface area contributed by atoms with Gasteiger partial charge in [-0.25, -0.2) is 4.98 Å². The van der Waals surface area contributed by atoms with E-state index in [1.807, 2.05) is 18.2 Å². The van der Waals surface area contributed by atoms with Crippen molar-refractivity contribution in [1.82, 2.24) is 4.98 Å². The number of nitrogens with two attached hydrogens (primary N) is 1. The van der Waals surface area contributed by atoms with Crippen molar-refractivity contribution in [2.24, 2.45) is 0 Å². The third kappa shape index (κ3) is 2.87. The number of hydrogen-bond donors (Lipinski definition) is 1. The number of ether oxygens (including phenoxy) is 1. The SMILES string of the molecule is Nc1nc2ccccc2cc1COC1CCCCC1. The Balaban J connectivity index is 1.74. The Morgan fingerprint density at radius 1 is 1.16 bits per heavy atom. The normalized spacial score (nSPS) is 16.8. The molecule has 0 radical (unpaired) electrons. The average Bonchev–Trinajstić information content (AvgIpc) is 2.46. The summed E-state index contributed by atoms with van der Waals surface area (Å²) in [6.45, 7) is 0.578. The number of fused-ring (bicyclic) bond motifs is 1. The topological polar surface area (TPSA) is 48.1 Å².